The normalized spacial score (nSPS) is 20.4. The highest BCUT2D eigenvalue weighted by Crippen LogP contribution is 2.39. The van der Waals surface area contributed by atoms with Gasteiger partial charge >= 0.3 is 0 Å². The van der Waals surface area contributed by atoms with E-state index in [-0.39, 0.29) is 11.0 Å². The number of fused-ring (bicyclic) bond motifs is 1. The van der Waals surface area contributed by atoms with Crippen molar-refractivity contribution in [2.24, 2.45) is 15.7 Å². The molecule has 150 valence electrons. The van der Waals surface area contributed by atoms with E-state index in [1.54, 1.807) is 6.20 Å². The van der Waals surface area contributed by atoms with Crippen LogP contribution in [0.3, 0.4) is 0 Å². The van der Waals surface area contributed by atoms with Crippen molar-refractivity contribution in [3.05, 3.63) is 113 Å². The first-order valence-electron chi connectivity index (χ1n) is 10.1. The van der Waals surface area contributed by atoms with Crippen molar-refractivity contribution in [1.82, 2.24) is 0 Å². The molecule has 3 aliphatic rings. The lowest BCUT2D eigenvalue weighted by atomic mass is 10.0. The maximum absolute atomic E-state index is 6.05. The fraction of sp³-hybridized carbons (Fsp3) is 0.0769. The molecule has 0 radical (unpaired) electrons. The highest BCUT2D eigenvalue weighted by atomic mass is 16.5. The molecule has 2 N–H and O–H groups in total. The molecule has 1 aliphatic carbocycles. The zero-order valence-corrected chi connectivity index (χ0v) is 16.9. The summed E-state index contributed by atoms with van der Waals surface area (Å²) in [5.41, 5.74) is 10.7. The highest BCUT2D eigenvalue weighted by Gasteiger charge is 2.46. The van der Waals surface area contributed by atoms with Gasteiger partial charge in [0.25, 0.3) is 5.84 Å². The van der Waals surface area contributed by atoms with Crippen molar-refractivity contribution >= 4 is 12.1 Å². The second kappa shape index (κ2) is 8.04. The Morgan fingerprint density at radius 2 is 1.94 bits per heavy atom. The molecular weight excluding hydrogens is 384 g/mol. The zero-order chi connectivity index (χ0) is 21.1. The number of aliphatic imine (C=N–C) groups is 2. The number of hydrogen-bond acceptors (Lipinski definition) is 4. The average Bonchev–Trinajstić information content (AvgIpc) is 3.11. The molecule has 5 nitrogen and oxygen atoms in total. The van der Waals surface area contributed by atoms with Gasteiger partial charge in [-0.3, -0.25) is 4.99 Å². The summed E-state index contributed by atoms with van der Waals surface area (Å²) in [6.45, 7) is 0.770. The van der Waals surface area contributed by atoms with Gasteiger partial charge in [-0.2, -0.15) is 4.99 Å². The first-order valence-corrected chi connectivity index (χ1v) is 10.1. The molecule has 0 saturated heterocycles. The predicted molar refractivity (Wildman–Crippen MR) is 123 cm³/mol. The molecule has 0 spiro atoms. The highest BCUT2D eigenvalue weighted by molar-refractivity contribution is 6.02. The smallest absolute Gasteiger partial charge is 0.259 e. The number of ether oxygens (including phenoxy) is 1. The summed E-state index contributed by atoms with van der Waals surface area (Å²) in [5.74, 6) is 4.62. The van der Waals surface area contributed by atoms with E-state index < -0.39 is 0 Å². The van der Waals surface area contributed by atoms with Crippen LogP contribution in [0.15, 0.2) is 112 Å². The van der Waals surface area contributed by atoms with E-state index in [2.05, 4.69) is 17.0 Å². The Labute approximate surface area is 181 Å². The number of allylic oxidation sites excluding steroid dienone is 4. The van der Waals surface area contributed by atoms with E-state index in [0.29, 0.717) is 6.61 Å². The largest absolute Gasteiger partial charge is 0.489 e. The Bertz CT molecular complexity index is 1270. The minimum Gasteiger partial charge on any atom is -0.489 e. The van der Waals surface area contributed by atoms with Gasteiger partial charge in [-0.15, -0.1) is 4.48 Å². The van der Waals surface area contributed by atoms with E-state index in [1.807, 2.05) is 85.2 Å². The summed E-state index contributed by atoms with van der Waals surface area (Å²) in [4.78, 5) is 9.36. The summed E-state index contributed by atoms with van der Waals surface area (Å²) in [6.07, 6.45) is 11.6. The second-order valence-corrected chi connectivity index (χ2v) is 7.24. The van der Waals surface area contributed by atoms with Crippen molar-refractivity contribution in [3.63, 3.8) is 0 Å². The minimum absolute atomic E-state index is 0.170. The van der Waals surface area contributed by atoms with Crippen molar-refractivity contribution in [2.45, 2.75) is 6.61 Å². The van der Waals surface area contributed by atoms with E-state index in [9.17, 15) is 0 Å². The van der Waals surface area contributed by atoms with Crippen LogP contribution >= 0.6 is 0 Å². The fourth-order valence-electron chi connectivity index (χ4n) is 3.70. The molecule has 5 heteroatoms. The average molecular weight is 405 g/mol. The number of rotatable bonds is 5. The van der Waals surface area contributed by atoms with Crippen LogP contribution in [0.1, 0.15) is 11.1 Å². The molecule has 2 aromatic carbocycles. The molecule has 0 amide bonds. The Hall–Kier alpha value is -3.98. The zero-order valence-electron chi connectivity index (χ0n) is 16.9. The summed E-state index contributed by atoms with van der Waals surface area (Å²) in [5, 5.41) is 0. The monoisotopic (exact) mass is 405 g/mol. The number of amidine groups is 1. The minimum atomic E-state index is 0.170. The van der Waals surface area contributed by atoms with Crippen LogP contribution in [0.4, 0.5) is 0 Å². The molecule has 0 fully saturated rings. The second-order valence-electron chi connectivity index (χ2n) is 7.24. The first kappa shape index (κ1) is 19.0. The summed E-state index contributed by atoms with van der Waals surface area (Å²) in [6, 6.07) is 21.4. The van der Waals surface area contributed by atoms with Gasteiger partial charge in [0.2, 0.25) is 5.70 Å². The molecule has 0 bridgehead atoms. The van der Waals surface area contributed by atoms with Crippen LogP contribution in [0, 0.1) is 12.0 Å². The molecule has 1 atom stereocenters. The quantitative estimate of drug-likeness (QED) is 0.603. The van der Waals surface area contributed by atoms with Gasteiger partial charge in [0.05, 0.1) is 24.5 Å². The van der Waals surface area contributed by atoms with Crippen LogP contribution in [-0.2, 0) is 6.61 Å². The van der Waals surface area contributed by atoms with E-state index >= 15 is 0 Å². The molecule has 2 aromatic rings. The van der Waals surface area contributed by atoms with Crippen LogP contribution in [0.25, 0.3) is 0 Å². The van der Waals surface area contributed by atoms with Gasteiger partial charge in [-0.25, -0.2) is 0 Å². The Kier molecular flexibility index (Phi) is 4.93. The SMILES string of the molecule is NCC#C[N+]12C=CN=CC1=C(C1=CC=C1)N=C2c1cccc(OCc2ccccc2)c1. The Morgan fingerprint density at radius 3 is 2.71 bits per heavy atom. The molecule has 0 saturated carbocycles. The van der Waals surface area contributed by atoms with Gasteiger partial charge in [-0.1, -0.05) is 54.6 Å². The molecular formula is C26H21N4O+. The standard InChI is InChI=1S/C26H21N4O/c27-13-6-15-30-16-14-28-18-24(30)25(21-9-4-10-21)29-26(30)22-11-5-12-23(17-22)31-19-20-7-2-1-3-8-20/h1-5,7-12,14,16-18H,13,19,27H2/q+1. The van der Waals surface area contributed by atoms with E-state index in [4.69, 9.17) is 15.5 Å². The molecule has 5 rings (SSSR count). The summed E-state index contributed by atoms with van der Waals surface area (Å²) in [7, 11) is 0. The topological polar surface area (TPSA) is 60.0 Å². The summed E-state index contributed by atoms with van der Waals surface area (Å²) >= 11 is 0. The number of nitrogens with two attached hydrogens (primary N) is 1. The van der Waals surface area contributed by atoms with Crippen LogP contribution in [-0.4, -0.2) is 23.1 Å². The summed E-state index contributed by atoms with van der Waals surface area (Å²) < 4.78 is 6.22. The third-order valence-corrected chi connectivity index (χ3v) is 5.27. The Morgan fingerprint density at radius 1 is 1.06 bits per heavy atom. The Balaban J connectivity index is 1.53. The van der Waals surface area contributed by atoms with Gasteiger partial charge in [0, 0.05) is 5.57 Å². The third-order valence-electron chi connectivity index (χ3n) is 5.27. The van der Waals surface area contributed by atoms with Crippen LogP contribution in [0.5, 0.6) is 5.75 Å². The maximum atomic E-state index is 6.05. The number of nitrogens with zero attached hydrogens (tertiary/aromatic N) is 3. The molecule has 2 heterocycles. The molecule has 2 aliphatic heterocycles. The molecule has 0 aromatic heterocycles. The van der Waals surface area contributed by atoms with Gasteiger partial charge in [0.1, 0.15) is 24.3 Å². The fourth-order valence-corrected chi connectivity index (χ4v) is 3.70. The van der Waals surface area contributed by atoms with Crippen molar-refractivity contribution < 1.29 is 9.22 Å². The first-order chi connectivity index (χ1) is 15.3. The molecule has 1 unspecified atom stereocenters. The predicted octanol–water partition coefficient (Wildman–Crippen LogP) is 4.03. The lowest BCUT2D eigenvalue weighted by Gasteiger charge is -2.25. The lowest BCUT2D eigenvalue weighted by molar-refractivity contribution is -0.658. The van der Waals surface area contributed by atoms with E-state index in [0.717, 1.165) is 39.7 Å². The van der Waals surface area contributed by atoms with Gasteiger partial charge in [0.15, 0.2) is 6.04 Å². The number of benzene rings is 2. The van der Waals surface area contributed by atoms with E-state index in [1.165, 1.54) is 0 Å². The molecule has 31 heavy (non-hydrogen) atoms. The van der Waals surface area contributed by atoms with Crippen molar-refractivity contribution in [2.75, 3.05) is 6.54 Å². The van der Waals surface area contributed by atoms with Crippen LogP contribution in [0.2, 0.25) is 0 Å². The van der Waals surface area contributed by atoms with Gasteiger partial charge in [-0.05, 0) is 29.7 Å². The number of quaternary nitrogens is 1. The maximum Gasteiger partial charge on any atom is 0.259 e. The van der Waals surface area contributed by atoms with Gasteiger partial charge < -0.3 is 10.5 Å². The number of hydrogen-bond donors (Lipinski definition) is 1. The third kappa shape index (κ3) is 3.44. The van der Waals surface area contributed by atoms with Crippen molar-refractivity contribution in [1.29, 1.82) is 0 Å². The van der Waals surface area contributed by atoms with Crippen LogP contribution < -0.4 is 10.5 Å². The van der Waals surface area contributed by atoms with Crippen molar-refractivity contribution in [3.8, 4) is 17.7 Å². The lowest BCUT2D eigenvalue weighted by Crippen LogP contribution is -2.42.